The molecule has 1 aromatic rings. The summed E-state index contributed by atoms with van der Waals surface area (Å²) in [4.78, 5) is 13.0. The molecule has 66 valence electrons. The van der Waals surface area contributed by atoms with Gasteiger partial charge in [0.15, 0.2) is 0 Å². The molecule has 13 heavy (non-hydrogen) atoms. The molecule has 0 aliphatic carbocycles. The molecule has 0 saturated carbocycles. The van der Waals surface area contributed by atoms with Crippen LogP contribution < -0.4 is 0 Å². The minimum atomic E-state index is -1.01. The Morgan fingerprint density at radius 2 is 1.85 bits per heavy atom. The molecule has 0 aliphatic rings. The normalized spacial score (nSPS) is 9.08. The second-order valence-electron chi connectivity index (χ2n) is 2.15. The summed E-state index contributed by atoms with van der Waals surface area (Å²) in [5, 5.41) is 2.69. The van der Waals surface area contributed by atoms with Gasteiger partial charge in [0, 0.05) is 16.5 Å². The van der Waals surface area contributed by atoms with E-state index in [4.69, 9.17) is 5.53 Å². The number of benzene rings is 1. The van der Waals surface area contributed by atoms with Gasteiger partial charge < -0.3 is 0 Å². The van der Waals surface area contributed by atoms with Crippen molar-refractivity contribution in [2.45, 2.75) is 0 Å². The first-order chi connectivity index (χ1) is 6.13. The van der Waals surface area contributed by atoms with Gasteiger partial charge in [-0.05, 0) is 22.8 Å². The van der Waals surface area contributed by atoms with E-state index < -0.39 is 17.5 Å². The Morgan fingerprint density at radius 1 is 1.31 bits per heavy atom. The van der Waals surface area contributed by atoms with Gasteiger partial charge >= 0.3 is 0 Å². The summed E-state index contributed by atoms with van der Waals surface area (Å²) in [6.45, 7) is 0. The summed E-state index contributed by atoms with van der Waals surface area (Å²) in [5.41, 5.74) is 7.58. The third kappa shape index (κ3) is 2.25. The molecule has 0 radical (unpaired) electrons. The van der Waals surface area contributed by atoms with Crippen LogP contribution in [-0.4, -0.2) is 5.91 Å². The van der Waals surface area contributed by atoms with E-state index >= 15 is 0 Å². The van der Waals surface area contributed by atoms with E-state index in [0.717, 1.165) is 12.1 Å². The molecule has 0 fully saturated rings. The Bertz CT molecular complexity index is 378. The van der Waals surface area contributed by atoms with Gasteiger partial charge in [0.25, 0.3) is 0 Å². The van der Waals surface area contributed by atoms with Crippen molar-refractivity contribution in [3.05, 3.63) is 45.8 Å². The Labute approximate surface area is 71.4 Å². The molecule has 0 bridgehead atoms. The van der Waals surface area contributed by atoms with Crippen LogP contribution in [0.3, 0.4) is 0 Å². The summed E-state index contributed by atoms with van der Waals surface area (Å²) < 4.78 is 25.0. The van der Waals surface area contributed by atoms with E-state index in [9.17, 15) is 13.6 Å². The van der Waals surface area contributed by atoms with Crippen LogP contribution in [0, 0.1) is 11.6 Å². The van der Waals surface area contributed by atoms with Crippen molar-refractivity contribution in [2.75, 3.05) is 0 Å². The van der Waals surface area contributed by atoms with Crippen LogP contribution in [0.25, 0.3) is 10.4 Å². The lowest BCUT2D eigenvalue weighted by Crippen LogP contribution is -1.95. The zero-order chi connectivity index (χ0) is 9.84. The monoisotopic (exact) mass is 183 g/mol. The molecular weight excluding hydrogens is 180 g/mol. The quantitative estimate of drug-likeness (QED) is 0.374. The van der Waals surface area contributed by atoms with Crippen LogP contribution in [0.2, 0.25) is 0 Å². The van der Waals surface area contributed by atoms with Crippen molar-refractivity contribution in [2.24, 2.45) is 5.11 Å². The summed E-state index contributed by atoms with van der Waals surface area (Å²) in [6.07, 6.45) is 0. The van der Waals surface area contributed by atoms with Crippen LogP contribution >= 0.6 is 0 Å². The van der Waals surface area contributed by atoms with Crippen molar-refractivity contribution < 1.29 is 13.6 Å². The number of rotatable bonds is 1. The molecule has 0 spiro atoms. The highest BCUT2D eigenvalue weighted by atomic mass is 19.1. The van der Waals surface area contributed by atoms with Gasteiger partial charge in [0.2, 0.25) is 5.91 Å². The Hall–Kier alpha value is -1.94. The lowest BCUT2D eigenvalue weighted by atomic mass is 10.2. The Balaban J connectivity index is 3.15. The van der Waals surface area contributed by atoms with Gasteiger partial charge in [-0.3, -0.25) is 4.79 Å². The number of carbonyl (C=O) groups excluding carboxylic acids is 1. The average molecular weight is 183 g/mol. The zero-order valence-electron chi connectivity index (χ0n) is 6.24. The smallest absolute Gasteiger partial charge is 0.249 e. The number of nitrogens with zero attached hydrogens (tertiary/aromatic N) is 3. The molecule has 0 heterocycles. The highest BCUT2D eigenvalue weighted by Gasteiger charge is 2.06. The van der Waals surface area contributed by atoms with Crippen LogP contribution in [0.1, 0.15) is 10.4 Å². The van der Waals surface area contributed by atoms with Gasteiger partial charge in [0.05, 0.1) is 0 Å². The molecule has 0 aliphatic heterocycles. The zero-order valence-corrected chi connectivity index (χ0v) is 6.24. The van der Waals surface area contributed by atoms with E-state index in [1.54, 1.807) is 0 Å². The highest BCUT2D eigenvalue weighted by molar-refractivity contribution is 5.94. The molecule has 0 saturated heterocycles. The Kier molecular flexibility index (Phi) is 2.56. The maximum absolute atomic E-state index is 12.5. The average Bonchev–Trinajstić information content (AvgIpc) is 2.03. The summed E-state index contributed by atoms with van der Waals surface area (Å²) >= 11 is 0. The molecule has 1 amide bonds. The van der Waals surface area contributed by atoms with Crippen LogP contribution in [-0.2, 0) is 0 Å². The van der Waals surface area contributed by atoms with E-state index in [2.05, 4.69) is 10.0 Å². The van der Waals surface area contributed by atoms with E-state index in [0.29, 0.717) is 6.07 Å². The molecule has 6 heteroatoms. The predicted molar refractivity (Wildman–Crippen MR) is 39.8 cm³/mol. The first-order valence-electron chi connectivity index (χ1n) is 3.19. The van der Waals surface area contributed by atoms with E-state index in [1.807, 2.05) is 0 Å². The summed E-state index contributed by atoms with van der Waals surface area (Å²) in [5.74, 6) is -2.80. The van der Waals surface area contributed by atoms with Gasteiger partial charge in [-0.15, -0.1) is 0 Å². The number of carbonyl (C=O) groups is 1. The van der Waals surface area contributed by atoms with Crippen molar-refractivity contribution in [1.82, 2.24) is 0 Å². The third-order valence-corrected chi connectivity index (χ3v) is 1.25. The van der Waals surface area contributed by atoms with Gasteiger partial charge in [0.1, 0.15) is 11.6 Å². The highest BCUT2D eigenvalue weighted by Crippen LogP contribution is 2.08. The molecule has 0 aromatic heterocycles. The number of hydrogen-bond acceptors (Lipinski definition) is 1. The van der Waals surface area contributed by atoms with Crippen molar-refractivity contribution in [3.8, 4) is 0 Å². The largest absolute Gasteiger partial charge is 0.287 e. The second-order valence-corrected chi connectivity index (χ2v) is 2.15. The van der Waals surface area contributed by atoms with Crippen molar-refractivity contribution in [3.63, 3.8) is 0 Å². The fraction of sp³-hybridized carbons (Fsp3) is 0. The fourth-order valence-corrected chi connectivity index (χ4v) is 0.776. The molecule has 0 unspecified atom stereocenters. The molecule has 1 rings (SSSR count). The van der Waals surface area contributed by atoms with Gasteiger partial charge in [-0.1, -0.05) is 0 Å². The van der Waals surface area contributed by atoms with Gasteiger partial charge in [-0.2, -0.15) is 0 Å². The topological polar surface area (TPSA) is 65.8 Å². The number of halogens is 2. The first kappa shape index (κ1) is 9.15. The predicted octanol–water partition coefficient (Wildman–Crippen LogP) is 2.42. The molecule has 0 atom stereocenters. The summed E-state index contributed by atoms with van der Waals surface area (Å²) in [6, 6.07) is 2.20. The van der Waals surface area contributed by atoms with Crippen LogP contribution in [0.4, 0.5) is 8.78 Å². The number of azide groups is 1. The maximum atomic E-state index is 12.5. The number of amides is 1. The number of hydrogen-bond donors (Lipinski definition) is 0. The lowest BCUT2D eigenvalue weighted by Gasteiger charge is -1.94. The van der Waals surface area contributed by atoms with Crippen LogP contribution in [0.5, 0.6) is 0 Å². The SMILES string of the molecule is [N-]=[N+]=NC(=O)c1cc(F)cc(F)c1. The van der Waals surface area contributed by atoms with Gasteiger partial charge in [-0.25, -0.2) is 8.78 Å². The van der Waals surface area contributed by atoms with E-state index in [1.165, 1.54) is 0 Å². The second kappa shape index (κ2) is 3.64. The molecule has 0 N–H and O–H groups in total. The molecular formula is C7H3F2N3O. The van der Waals surface area contributed by atoms with Crippen molar-refractivity contribution in [1.29, 1.82) is 0 Å². The standard InChI is InChI=1S/C7H3F2N3O/c8-5-1-4(2-6(9)3-5)7(13)11-12-10/h1-3H. The molecule has 1 aromatic carbocycles. The Morgan fingerprint density at radius 3 is 2.31 bits per heavy atom. The minimum absolute atomic E-state index is 0.310. The lowest BCUT2D eigenvalue weighted by molar-refractivity contribution is 0.0999. The summed E-state index contributed by atoms with van der Waals surface area (Å²) in [7, 11) is 0. The minimum Gasteiger partial charge on any atom is -0.287 e. The molecule has 4 nitrogen and oxygen atoms in total. The fourth-order valence-electron chi connectivity index (χ4n) is 0.776. The van der Waals surface area contributed by atoms with Crippen LogP contribution in [0.15, 0.2) is 23.3 Å². The first-order valence-corrected chi connectivity index (χ1v) is 3.19. The third-order valence-electron chi connectivity index (χ3n) is 1.25. The van der Waals surface area contributed by atoms with Crippen molar-refractivity contribution >= 4 is 5.91 Å². The maximum Gasteiger partial charge on any atom is 0.249 e. The van der Waals surface area contributed by atoms with E-state index in [-0.39, 0.29) is 5.56 Å².